The number of hydrogen-bond acceptors (Lipinski definition) is 1. The third-order valence-electron chi connectivity index (χ3n) is 13.0. The van der Waals surface area contributed by atoms with Crippen molar-refractivity contribution in [3.05, 3.63) is 224 Å². The smallest absolute Gasteiger partial charge is 0.0541 e. The molecule has 62 heavy (non-hydrogen) atoms. The van der Waals surface area contributed by atoms with E-state index in [1.165, 1.54) is 119 Å². The van der Waals surface area contributed by atoms with Gasteiger partial charge in [-0.2, -0.15) is 0 Å². The van der Waals surface area contributed by atoms with Gasteiger partial charge in [0.1, 0.15) is 0 Å². The first-order valence-electron chi connectivity index (χ1n) is 21.3. The number of fused-ring (bicyclic) bond motifs is 12. The minimum absolute atomic E-state index is 1.15. The molecule has 0 radical (unpaired) electrons. The van der Waals surface area contributed by atoms with Gasteiger partial charge in [-0.3, -0.25) is 0 Å². The van der Waals surface area contributed by atoms with Crippen molar-refractivity contribution in [3.8, 4) is 50.2 Å². The Morgan fingerprint density at radius 1 is 0.258 bits per heavy atom. The average Bonchev–Trinajstić information content (AvgIpc) is 3.89. The number of para-hydroxylation sites is 1. The maximum atomic E-state index is 2.43. The Morgan fingerprint density at radius 2 is 0.726 bits per heavy atom. The van der Waals surface area contributed by atoms with Gasteiger partial charge in [-0.15, -0.1) is 11.3 Å². The molecule has 1 nitrogen and oxygen atoms in total. The van der Waals surface area contributed by atoms with Crippen LogP contribution in [0.2, 0.25) is 0 Å². The topological polar surface area (TPSA) is 4.93 Å². The fourth-order valence-electron chi connectivity index (χ4n) is 10.0. The van der Waals surface area contributed by atoms with Crippen molar-refractivity contribution in [2.75, 3.05) is 0 Å². The van der Waals surface area contributed by atoms with Gasteiger partial charge in [0.25, 0.3) is 0 Å². The van der Waals surface area contributed by atoms with Gasteiger partial charge in [0.15, 0.2) is 0 Å². The SMILES string of the molecule is c1ccc(-c2ccc3sc4c(-c5ccc6c(c5)c5ccccc5n6-c5ccc(-c6ccc7c8ccccc8c8ccccc8c7c6)cc5)cc(-c5ccccc5)cc4c3c2)cc1. The molecule has 0 saturated carbocycles. The molecule has 0 N–H and O–H groups in total. The maximum Gasteiger partial charge on any atom is 0.0541 e. The van der Waals surface area contributed by atoms with E-state index in [0.717, 1.165) is 5.69 Å². The predicted octanol–water partition coefficient (Wildman–Crippen LogP) is 17.3. The van der Waals surface area contributed by atoms with Crippen LogP contribution in [0.25, 0.3) is 124 Å². The van der Waals surface area contributed by atoms with Crippen molar-refractivity contribution < 1.29 is 0 Å². The first kappa shape index (κ1) is 35.0. The Hall–Kier alpha value is -7.78. The molecule has 0 atom stereocenters. The summed E-state index contributed by atoms with van der Waals surface area (Å²) in [6.07, 6.45) is 0. The van der Waals surface area contributed by atoms with E-state index >= 15 is 0 Å². The zero-order valence-electron chi connectivity index (χ0n) is 33.7. The molecule has 2 heteroatoms. The zero-order chi connectivity index (χ0) is 40.7. The van der Waals surface area contributed by atoms with Crippen LogP contribution in [-0.4, -0.2) is 4.57 Å². The quantitative estimate of drug-likeness (QED) is 0.153. The monoisotopic (exact) mass is 803 g/mol. The standard InChI is InChI=1S/C60H37NS/c1-3-13-38(14-4-1)42-27-32-59-55(34-42)56-37-44(39-15-5-2-6-16-39)36-52(60(56)62-59)43-26-31-58-54(35-43)51-21-11-12-22-57(51)61(58)45-28-23-40(24-29-45)41-25-30-50-48-19-8-7-17-46(48)47-18-9-10-20-49(47)53(50)33-41/h1-37H. The summed E-state index contributed by atoms with van der Waals surface area (Å²) in [5.74, 6) is 0. The highest BCUT2D eigenvalue weighted by Gasteiger charge is 2.18. The molecule has 2 heterocycles. The lowest BCUT2D eigenvalue weighted by Gasteiger charge is -2.13. The van der Waals surface area contributed by atoms with Crippen molar-refractivity contribution in [2.45, 2.75) is 0 Å². The molecule has 2 aromatic heterocycles. The van der Waals surface area contributed by atoms with E-state index in [1.54, 1.807) is 0 Å². The number of nitrogens with zero attached hydrogens (tertiary/aromatic N) is 1. The molecule has 0 aliphatic rings. The lowest BCUT2D eigenvalue weighted by Crippen LogP contribution is -1.94. The van der Waals surface area contributed by atoms with Crippen molar-refractivity contribution in [3.63, 3.8) is 0 Å². The van der Waals surface area contributed by atoms with Crippen LogP contribution in [0.15, 0.2) is 224 Å². The summed E-state index contributed by atoms with van der Waals surface area (Å²) in [5.41, 5.74) is 13.4. The molecule has 13 aromatic rings. The number of benzene rings is 11. The average molecular weight is 804 g/mol. The van der Waals surface area contributed by atoms with E-state index < -0.39 is 0 Å². The summed E-state index contributed by atoms with van der Waals surface area (Å²) < 4.78 is 5.05. The van der Waals surface area contributed by atoms with Crippen LogP contribution in [0.5, 0.6) is 0 Å². The minimum atomic E-state index is 1.15. The van der Waals surface area contributed by atoms with Gasteiger partial charge in [-0.05, 0) is 132 Å². The van der Waals surface area contributed by atoms with Crippen LogP contribution in [0.3, 0.4) is 0 Å². The summed E-state index contributed by atoms with van der Waals surface area (Å²) in [5, 5.41) is 12.9. The molecule has 0 bridgehead atoms. The van der Waals surface area contributed by atoms with Gasteiger partial charge in [0.05, 0.1) is 11.0 Å². The molecule has 0 aliphatic carbocycles. The lowest BCUT2D eigenvalue weighted by atomic mass is 9.92. The first-order valence-corrected chi connectivity index (χ1v) is 22.1. The third-order valence-corrected chi connectivity index (χ3v) is 14.2. The second kappa shape index (κ2) is 13.9. The summed E-state index contributed by atoms with van der Waals surface area (Å²) in [7, 11) is 0. The Labute approximate surface area is 363 Å². The van der Waals surface area contributed by atoms with Crippen LogP contribution in [0.4, 0.5) is 0 Å². The highest BCUT2D eigenvalue weighted by molar-refractivity contribution is 7.26. The van der Waals surface area contributed by atoms with Crippen molar-refractivity contribution in [1.29, 1.82) is 0 Å². The predicted molar refractivity (Wildman–Crippen MR) is 268 cm³/mol. The normalized spacial score (nSPS) is 11.9. The molecule has 0 spiro atoms. The van der Waals surface area contributed by atoms with Gasteiger partial charge >= 0.3 is 0 Å². The van der Waals surface area contributed by atoms with Crippen LogP contribution in [0, 0.1) is 0 Å². The molecular formula is C60H37NS. The highest BCUT2D eigenvalue weighted by Crippen LogP contribution is 2.45. The molecule has 11 aromatic carbocycles. The van der Waals surface area contributed by atoms with Gasteiger partial charge in [0.2, 0.25) is 0 Å². The van der Waals surface area contributed by atoms with Crippen LogP contribution >= 0.6 is 11.3 Å². The van der Waals surface area contributed by atoms with E-state index in [9.17, 15) is 0 Å². The molecule has 13 rings (SSSR count). The minimum Gasteiger partial charge on any atom is -0.309 e. The number of thiophene rings is 1. The Kier molecular flexibility index (Phi) is 7.85. The van der Waals surface area contributed by atoms with Gasteiger partial charge < -0.3 is 4.57 Å². The number of aromatic nitrogens is 1. The van der Waals surface area contributed by atoms with E-state index in [-0.39, 0.29) is 0 Å². The molecule has 0 saturated heterocycles. The van der Waals surface area contributed by atoms with Crippen molar-refractivity contribution >= 4 is 85.6 Å². The van der Waals surface area contributed by atoms with E-state index in [0.29, 0.717) is 0 Å². The van der Waals surface area contributed by atoms with E-state index in [4.69, 9.17) is 0 Å². The molecular weight excluding hydrogens is 767 g/mol. The van der Waals surface area contributed by atoms with Crippen molar-refractivity contribution in [2.24, 2.45) is 0 Å². The number of hydrogen-bond donors (Lipinski definition) is 0. The van der Waals surface area contributed by atoms with Crippen LogP contribution in [0.1, 0.15) is 0 Å². The Morgan fingerprint density at radius 3 is 1.42 bits per heavy atom. The summed E-state index contributed by atoms with van der Waals surface area (Å²) in [6.45, 7) is 0. The summed E-state index contributed by atoms with van der Waals surface area (Å²) >= 11 is 1.90. The van der Waals surface area contributed by atoms with Gasteiger partial charge in [-0.1, -0.05) is 164 Å². The third kappa shape index (κ3) is 5.47. The second-order valence-corrected chi connectivity index (χ2v) is 17.5. The van der Waals surface area contributed by atoms with Crippen LogP contribution < -0.4 is 0 Å². The molecule has 0 amide bonds. The first-order chi connectivity index (χ1) is 30.7. The second-order valence-electron chi connectivity index (χ2n) is 16.4. The molecule has 0 fully saturated rings. The molecule has 0 aliphatic heterocycles. The zero-order valence-corrected chi connectivity index (χ0v) is 34.5. The fourth-order valence-corrected chi connectivity index (χ4v) is 11.2. The van der Waals surface area contributed by atoms with E-state index in [2.05, 4.69) is 229 Å². The highest BCUT2D eigenvalue weighted by atomic mass is 32.1. The largest absolute Gasteiger partial charge is 0.309 e. The summed E-state index contributed by atoms with van der Waals surface area (Å²) in [4.78, 5) is 0. The maximum absolute atomic E-state index is 2.43. The van der Waals surface area contributed by atoms with Crippen LogP contribution in [-0.2, 0) is 0 Å². The van der Waals surface area contributed by atoms with E-state index in [1.807, 2.05) is 11.3 Å². The van der Waals surface area contributed by atoms with Gasteiger partial charge in [-0.25, -0.2) is 0 Å². The fraction of sp³-hybridized carbons (Fsp3) is 0. The molecule has 288 valence electrons. The number of rotatable bonds is 5. The Bertz CT molecular complexity index is 3860. The summed E-state index contributed by atoms with van der Waals surface area (Å²) in [6, 6.07) is 82.9. The lowest BCUT2D eigenvalue weighted by molar-refractivity contribution is 1.18. The van der Waals surface area contributed by atoms with Crippen molar-refractivity contribution in [1.82, 2.24) is 4.57 Å². The molecule has 0 unspecified atom stereocenters. The Balaban J connectivity index is 0.948. The van der Waals surface area contributed by atoms with Gasteiger partial charge in [0, 0.05) is 42.2 Å².